The van der Waals surface area contributed by atoms with Crippen LogP contribution in [0.5, 0.6) is 0 Å². The van der Waals surface area contributed by atoms with Crippen molar-refractivity contribution >= 4 is 5.91 Å². The van der Waals surface area contributed by atoms with Crippen molar-refractivity contribution in [3.63, 3.8) is 0 Å². The van der Waals surface area contributed by atoms with E-state index in [1.54, 1.807) is 0 Å². The highest BCUT2D eigenvalue weighted by atomic mass is 16.2. The SMILES string of the molecule is CC(C)(C)C1CCCN(C(=O)CC2CC3CCC(C2)N3)CC1. The Morgan fingerprint density at radius 1 is 1.05 bits per heavy atom. The van der Waals surface area contributed by atoms with E-state index in [4.69, 9.17) is 0 Å². The first-order valence-corrected chi connectivity index (χ1v) is 9.45. The highest BCUT2D eigenvalue weighted by molar-refractivity contribution is 5.76. The van der Waals surface area contributed by atoms with Crippen molar-refractivity contribution in [2.45, 2.75) is 84.2 Å². The van der Waals surface area contributed by atoms with Gasteiger partial charge in [-0.2, -0.15) is 0 Å². The zero-order valence-electron chi connectivity index (χ0n) is 14.7. The fraction of sp³-hybridized carbons (Fsp3) is 0.947. The normalized spacial score (nSPS) is 36.2. The maximum atomic E-state index is 12.7. The molecule has 0 spiro atoms. The van der Waals surface area contributed by atoms with Gasteiger partial charge in [-0.3, -0.25) is 4.79 Å². The third kappa shape index (κ3) is 3.84. The van der Waals surface area contributed by atoms with Crippen LogP contribution in [-0.2, 0) is 4.79 Å². The Kier molecular flexibility index (Phi) is 4.82. The zero-order valence-corrected chi connectivity index (χ0v) is 14.7. The number of nitrogens with zero attached hydrogens (tertiary/aromatic N) is 1. The van der Waals surface area contributed by atoms with Gasteiger partial charge in [0.15, 0.2) is 0 Å². The number of amides is 1. The Balaban J connectivity index is 1.50. The summed E-state index contributed by atoms with van der Waals surface area (Å²) in [6.45, 7) is 9.02. The molecule has 0 aromatic rings. The smallest absolute Gasteiger partial charge is 0.222 e. The van der Waals surface area contributed by atoms with Crippen LogP contribution in [0.1, 0.15) is 72.1 Å². The molecule has 3 atom stereocenters. The first-order chi connectivity index (χ1) is 10.4. The second-order valence-electron chi connectivity index (χ2n) is 9.05. The van der Waals surface area contributed by atoms with Crippen LogP contribution in [0.25, 0.3) is 0 Å². The van der Waals surface area contributed by atoms with Crippen LogP contribution in [0.3, 0.4) is 0 Å². The molecule has 126 valence electrons. The van der Waals surface area contributed by atoms with Gasteiger partial charge in [0.05, 0.1) is 0 Å². The van der Waals surface area contributed by atoms with Crippen molar-refractivity contribution in [1.82, 2.24) is 10.2 Å². The molecule has 0 aromatic carbocycles. The van der Waals surface area contributed by atoms with Crippen molar-refractivity contribution in [2.75, 3.05) is 13.1 Å². The number of piperidine rings is 1. The molecule has 0 aliphatic carbocycles. The second-order valence-corrected chi connectivity index (χ2v) is 9.05. The summed E-state index contributed by atoms with van der Waals surface area (Å²) in [5, 5.41) is 3.68. The Morgan fingerprint density at radius 2 is 1.73 bits per heavy atom. The summed E-state index contributed by atoms with van der Waals surface area (Å²) < 4.78 is 0. The zero-order chi connectivity index (χ0) is 15.7. The Hall–Kier alpha value is -0.570. The maximum absolute atomic E-state index is 12.7. The first kappa shape index (κ1) is 16.3. The van der Waals surface area contributed by atoms with Crippen LogP contribution in [-0.4, -0.2) is 36.0 Å². The molecule has 3 unspecified atom stereocenters. The summed E-state index contributed by atoms with van der Waals surface area (Å²) in [7, 11) is 0. The summed E-state index contributed by atoms with van der Waals surface area (Å²) in [5.41, 5.74) is 0.382. The van der Waals surface area contributed by atoms with Gasteiger partial charge in [-0.05, 0) is 62.2 Å². The van der Waals surface area contributed by atoms with Gasteiger partial charge < -0.3 is 10.2 Å². The first-order valence-electron chi connectivity index (χ1n) is 9.45. The van der Waals surface area contributed by atoms with E-state index in [0.717, 1.165) is 25.4 Å². The van der Waals surface area contributed by atoms with Crippen LogP contribution >= 0.6 is 0 Å². The van der Waals surface area contributed by atoms with Gasteiger partial charge in [0, 0.05) is 31.6 Å². The number of carbonyl (C=O) groups is 1. The van der Waals surface area contributed by atoms with Gasteiger partial charge in [-0.15, -0.1) is 0 Å². The lowest BCUT2D eigenvalue weighted by Gasteiger charge is -2.31. The molecule has 3 heterocycles. The van der Waals surface area contributed by atoms with E-state index in [1.165, 1.54) is 44.9 Å². The van der Waals surface area contributed by atoms with E-state index >= 15 is 0 Å². The van der Waals surface area contributed by atoms with E-state index in [-0.39, 0.29) is 0 Å². The van der Waals surface area contributed by atoms with Crippen LogP contribution in [0, 0.1) is 17.3 Å². The number of hydrogen-bond acceptors (Lipinski definition) is 2. The highest BCUT2D eigenvalue weighted by Gasteiger charge is 2.35. The summed E-state index contributed by atoms with van der Waals surface area (Å²) in [6, 6.07) is 1.40. The van der Waals surface area contributed by atoms with Gasteiger partial charge >= 0.3 is 0 Å². The Bertz CT molecular complexity index is 389. The molecule has 2 bridgehead atoms. The molecule has 0 saturated carbocycles. The quantitative estimate of drug-likeness (QED) is 0.845. The van der Waals surface area contributed by atoms with E-state index in [1.807, 2.05) is 0 Å². The number of nitrogens with one attached hydrogen (secondary N) is 1. The Labute approximate surface area is 136 Å². The lowest BCUT2D eigenvalue weighted by molar-refractivity contribution is -0.132. The molecule has 3 nitrogen and oxygen atoms in total. The predicted octanol–water partition coefficient (Wildman–Crippen LogP) is 3.58. The molecule has 3 aliphatic rings. The van der Waals surface area contributed by atoms with Gasteiger partial charge in [-0.25, -0.2) is 0 Å². The molecule has 3 rings (SSSR count). The molecule has 3 saturated heterocycles. The van der Waals surface area contributed by atoms with Gasteiger partial charge in [0.25, 0.3) is 0 Å². The molecular formula is C19H34N2O. The summed E-state index contributed by atoms with van der Waals surface area (Å²) in [6.07, 6.45) is 9.55. The van der Waals surface area contributed by atoms with Crippen LogP contribution in [0.2, 0.25) is 0 Å². The number of carbonyl (C=O) groups excluding carboxylic acids is 1. The largest absolute Gasteiger partial charge is 0.343 e. The van der Waals surface area contributed by atoms with E-state index in [0.29, 0.717) is 29.3 Å². The topological polar surface area (TPSA) is 32.3 Å². The minimum atomic E-state index is 0.382. The van der Waals surface area contributed by atoms with Gasteiger partial charge in [0.1, 0.15) is 0 Å². The predicted molar refractivity (Wildman–Crippen MR) is 90.7 cm³/mol. The summed E-state index contributed by atoms with van der Waals surface area (Å²) >= 11 is 0. The van der Waals surface area contributed by atoms with Crippen molar-refractivity contribution in [3.05, 3.63) is 0 Å². The summed E-state index contributed by atoms with van der Waals surface area (Å²) in [4.78, 5) is 14.9. The summed E-state index contributed by atoms with van der Waals surface area (Å²) in [5.74, 6) is 1.83. The van der Waals surface area contributed by atoms with Crippen LogP contribution < -0.4 is 5.32 Å². The molecule has 3 aliphatic heterocycles. The molecule has 3 fully saturated rings. The Morgan fingerprint density at radius 3 is 2.36 bits per heavy atom. The number of hydrogen-bond donors (Lipinski definition) is 1. The highest BCUT2D eigenvalue weighted by Crippen LogP contribution is 2.35. The third-order valence-electron chi connectivity index (χ3n) is 6.34. The lowest BCUT2D eigenvalue weighted by Crippen LogP contribution is -2.40. The molecule has 1 amide bonds. The lowest BCUT2D eigenvalue weighted by atomic mass is 9.77. The average molecular weight is 306 g/mol. The number of rotatable bonds is 2. The fourth-order valence-corrected chi connectivity index (χ4v) is 4.93. The van der Waals surface area contributed by atoms with Crippen LogP contribution in [0.4, 0.5) is 0 Å². The molecule has 22 heavy (non-hydrogen) atoms. The van der Waals surface area contributed by atoms with Gasteiger partial charge in [-0.1, -0.05) is 20.8 Å². The van der Waals surface area contributed by atoms with E-state index in [2.05, 4.69) is 31.0 Å². The average Bonchev–Trinajstić information content (AvgIpc) is 2.66. The number of fused-ring (bicyclic) bond motifs is 2. The molecule has 1 N–H and O–H groups in total. The molecule has 0 radical (unpaired) electrons. The fourth-order valence-electron chi connectivity index (χ4n) is 4.93. The van der Waals surface area contributed by atoms with Crippen molar-refractivity contribution < 1.29 is 4.79 Å². The third-order valence-corrected chi connectivity index (χ3v) is 6.34. The molecule has 3 heteroatoms. The minimum absolute atomic E-state index is 0.382. The molecule has 0 aromatic heterocycles. The van der Waals surface area contributed by atoms with Gasteiger partial charge in [0.2, 0.25) is 5.91 Å². The monoisotopic (exact) mass is 306 g/mol. The van der Waals surface area contributed by atoms with Crippen molar-refractivity contribution in [3.8, 4) is 0 Å². The van der Waals surface area contributed by atoms with E-state index < -0.39 is 0 Å². The number of likely N-dealkylation sites (tertiary alicyclic amines) is 1. The maximum Gasteiger partial charge on any atom is 0.222 e. The van der Waals surface area contributed by atoms with Crippen molar-refractivity contribution in [2.24, 2.45) is 17.3 Å². The molecular weight excluding hydrogens is 272 g/mol. The standard InChI is InChI=1S/C19H34N2O/c1-19(2,3)15-5-4-9-21(10-8-15)18(22)13-14-11-16-6-7-17(12-14)20-16/h14-17,20H,4-13H2,1-3H3. The minimum Gasteiger partial charge on any atom is -0.343 e. The second kappa shape index (κ2) is 6.51. The van der Waals surface area contributed by atoms with Crippen molar-refractivity contribution in [1.29, 1.82) is 0 Å². The van der Waals surface area contributed by atoms with Crippen LogP contribution in [0.15, 0.2) is 0 Å². The van der Waals surface area contributed by atoms with E-state index in [9.17, 15) is 4.79 Å².